The Hall–Kier alpha value is -1.26. The molecular weight excluding hydrogens is 295 g/mol. The third kappa shape index (κ3) is 3.37. The number of likely N-dealkylation sites (N-methyl/N-ethyl adjacent to an activating group) is 1. The van der Waals surface area contributed by atoms with E-state index < -0.39 is 0 Å². The molecule has 1 aromatic heterocycles. The molecule has 2 aromatic rings. The molecule has 4 heteroatoms. The molecule has 1 aromatic carbocycles. The Labute approximate surface area is 114 Å². The quantitative estimate of drug-likeness (QED) is 0.935. The summed E-state index contributed by atoms with van der Waals surface area (Å²) in [6.07, 6.45) is 4.29. The van der Waals surface area contributed by atoms with Gasteiger partial charge in [0.2, 0.25) is 0 Å². The maximum Gasteiger partial charge on any atom is 0.124 e. The van der Waals surface area contributed by atoms with Crippen LogP contribution in [0.15, 0.2) is 47.2 Å². The molecule has 0 spiro atoms. The van der Waals surface area contributed by atoms with Crippen LogP contribution in [0.5, 0.6) is 0 Å². The van der Waals surface area contributed by atoms with Gasteiger partial charge in [-0.15, -0.1) is 0 Å². The molecule has 0 saturated carbocycles. The summed E-state index contributed by atoms with van der Waals surface area (Å²) in [5.74, 6) is -0.222. The van der Waals surface area contributed by atoms with Gasteiger partial charge in [0, 0.05) is 22.9 Å². The fourth-order valence-electron chi connectivity index (χ4n) is 1.93. The van der Waals surface area contributed by atoms with Gasteiger partial charge in [0.25, 0.3) is 0 Å². The second kappa shape index (κ2) is 6.07. The first-order chi connectivity index (χ1) is 8.69. The first kappa shape index (κ1) is 13.2. The molecule has 94 valence electrons. The van der Waals surface area contributed by atoms with Gasteiger partial charge >= 0.3 is 0 Å². The minimum atomic E-state index is -0.222. The number of halogens is 2. The van der Waals surface area contributed by atoms with Gasteiger partial charge < -0.3 is 5.32 Å². The van der Waals surface area contributed by atoms with Crippen LogP contribution in [-0.4, -0.2) is 12.0 Å². The van der Waals surface area contributed by atoms with E-state index in [9.17, 15) is 4.39 Å². The van der Waals surface area contributed by atoms with Crippen LogP contribution in [-0.2, 0) is 6.42 Å². The Morgan fingerprint density at radius 1 is 1.39 bits per heavy atom. The first-order valence-corrected chi connectivity index (χ1v) is 6.50. The van der Waals surface area contributed by atoms with E-state index in [-0.39, 0.29) is 11.9 Å². The molecule has 2 nitrogen and oxygen atoms in total. The number of rotatable bonds is 4. The molecular formula is C14H14BrFN2. The van der Waals surface area contributed by atoms with E-state index in [1.54, 1.807) is 12.3 Å². The highest BCUT2D eigenvalue weighted by atomic mass is 79.9. The lowest BCUT2D eigenvalue weighted by molar-refractivity contribution is 0.582. The van der Waals surface area contributed by atoms with Gasteiger partial charge in [-0.05, 0) is 48.9 Å². The molecule has 0 amide bonds. The zero-order chi connectivity index (χ0) is 13.0. The van der Waals surface area contributed by atoms with Crippen LogP contribution in [0, 0.1) is 5.82 Å². The fourth-order valence-corrected chi connectivity index (χ4v) is 2.45. The Morgan fingerprint density at radius 2 is 2.22 bits per heavy atom. The predicted molar refractivity (Wildman–Crippen MR) is 73.8 cm³/mol. The van der Waals surface area contributed by atoms with Gasteiger partial charge in [0.1, 0.15) is 5.82 Å². The summed E-state index contributed by atoms with van der Waals surface area (Å²) in [6, 6.07) is 9.01. The van der Waals surface area contributed by atoms with Crippen LogP contribution >= 0.6 is 15.9 Å². The van der Waals surface area contributed by atoms with Crippen LogP contribution in [0.2, 0.25) is 0 Å². The molecule has 0 radical (unpaired) electrons. The molecule has 0 aliphatic rings. The van der Waals surface area contributed by atoms with Crippen molar-refractivity contribution in [2.75, 3.05) is 7.05 Å². The summed E-state index contributed by atoms with van der Waals surface area (Å²) >= 11 is 3.31. The number of pyridine rings is 1. The van der Waals surface area contributed by atoms with Crippen LogP contribution in [0.4, 0.5) is 4.39 Å². The number of benzene rings is 1. The van der Waals surface area contributed by atoms with Crippen molar-refractivity contribution in [3.63, 3.8) is 0 Å². The minimum Gasteiger partial charge on any atom is -0.313 e. The average molecular weight is 309 g/mol. The molecule has 1 atom stereocenters. The molecule has 0 bridgehead atoms. The van der Waals surface area contributed by atoms with E-state index in [0.717, 1.165) is 22.0 Å². The van der Waals surface area contributed by atoms with E-state index in [1.165, 1.54) is 6.07 Å². The molecule has 18 heavy (non-hydrogen) atoms. The summed E-state index contributed by atoms with van der Waals surface area (Å²) < 4.78 is 14.1. The highest BCUT2D eigenvalue weighted by molar-refractivity contribution is 9.10. The Balaban J connectivity index is 2.20. The van der Waals surface area contributed by atoms with Crippen molar-refractivity contribution >= 4 is 15.9 Å². The highest BCUT2D eigenvalue weighted by Crippen LogP contribution is 2.21. The third-order valence-corrected chi connectivity index (χ3v) is 3.26. The first-order valence-electron chi connectivity index (χ1n) is 5.71. The summed E-state index contributed by atoms with van der Waals surface area (Å²) in [7, 11) is 1.89. The Kier molecular flexibility index (Phi) is 4.44. The van der Waals surface area contributed by atoms with Gasteiger partial charge in [-0.2, -0.15) is 0 Å². The zero-order valence-corrected chi connectivity index (χ0v) is 11.6. The monoisotopic (exact) mass is 308 g/mol. The molecule has 2 rings (SSSR count). The van der Waals surface area contributed by atoms with E-state index in [1.807, 2.05) is 31.4 Å². The lowest BCUT2D eigenvalue weighted by atomic mass is 10.0. The van der Waals surface area contributed by atoms with Gasteiger partial charge in [-0.1, -0.05) is 22.0 Å². The third-order valence-electron chi connectivity index (χ3n) is 2.80. The maximum absolute atomic E-state index is 13.3. The number of hydrogen-bond donors (Lipinski definition) is 1. The summed E-state index contributed by atoms with van der Waals surface area (Å²) in [5.41, 5.74) is 2.05. The van der Waals surface area contributed by atoms with Crippen molar-refractivity contribution in [2.45, 2.75) is 12.5 Å². The Bertz CT molecular complexity index is 496. The predicted octanol–water partition coefficient (Wildman–Crippen LogP) is 3.49. The van der Waals surface area contributed by atoms with E-state index in [0.29, 0.717) is 0 Å². The second-order valence-corrected chi connectivity index (χ2v) is 5.03. The topological polar surface area (TPSA) is 24.9 Å². The van der Waals surface area contributed by atoms with E-state index in [2.05, 4.69) is 26.2 Å². The van der Waals surface area contributed by atoms with Crippen LogP contribution < -0.4 is 5.32 Å². The lowest BCUT2D eigenvalue weighted by Gasteiger charge is -2.16. The summed E-state index contributed by atoms with van der Waals surface area (Å²) in [5, 5.41) is 3.23. The SMILES string of the molecule is CNC(Cc1cc(F)cc(Br)c1)c1cccnc1. The van der Waals surface area contributed by atoms with Crippen molar-refractivity contribution in [3.8, 4) is 0 Å². The zero-order valence-electron chi connectivity index (χ0n) is 10.0. The molecule has 0 fully saturated rings. The Morgan fingerprint density at radius 3 is 2.83 bits per heavy atom. The molecule has 1 N–H and O–H groups in total. The average Bonchev–Trinajstić information content (AvgIpc) is 2.36. The van der Waals surface area contributed by atoms with E-state index in [4.69, 9.17) is 0 Å². The summed E-state index contributed by atoms with van der Waals surface area (Å²) in [4.78, 5) is 4.11. The number of nitrogens with zero attached hydrogens (tertiary/aromatic N) is 1. The highest BCUT2D eigenvalue weighted by Gasteiger charge is 2.11. The van der Waals surface area contributed by atoms with E-state index >= 15 is 0 Å². The van der Waals surface area contributed by atoms with Crippen molar-refractivity contribution in [1.29, 1.82) is 0 Å². The molecule has 0 saturated heterocycles. The van der Waals surface area contributed by atoms with Crippen molar-refractivity contribution < 1.29 is 4.39 Å². The standard InChI is InChI=1S/C14H14BrFN2/c1-17-14(11-3-2-4-18-9-11)7-10-5-12(15)8-13(16)6-10/h2-6,8-9,14,17H,7H2,1H3. The number of aromatic nitrogens is 1. The second-order valence-electron chi connectivity index (χ2n) is 4.11. The largest absolute Gasteiger partial charge is 0.313 e. The molecule has 0 aliphatic heterocycles. The van der Waals surface area contributed by atoms with Crippen LogP contribution in [0.1, 0.15) is 17.2 Å². The van der Waals surface area contributed by atoms with Gasteiger partial charge in [-0.25, -0.2) is 4.39 Å². The van der Waals surface area contributed by atoms with Crippen LogP contribution in [0.25, 0.3) is 0 Å². The van der Waals surface area contributed by atoms with Crippen molar-refractivity contribution in [1.82, 2.24) is 10.3 Å². The fraction of sp³-hybridized carbons (Fsp3) is 0.214. The van der Waals surface area contributed by atoms with Gasteiger partial charge in [0.15, 0.2) is 0 Å². The van der Waals surface area contributed by atoms with Crippen molar-refractivity contribution in [2.24, 2.45) is 0 Å². The smallest absolute Gasteiger partial charge is 0.124 e. The number of nitrogens with one attached hydrogen (secondary N) is 1. The number of hydrogen-bond acceptors (Lipinski definition) is 2. The lowest BCUT2D eigenvalue weighted by Crippen LogP contribution is -2.19. The van der Waals surface area contributed by atoms with Crippen LogP contribution in [0.3, 0.4) is 0 Å². The van der Waals surface area contributed by atoms with Gasteiger partial charge in [0.05, 0.1) is 0 Å². The minimum absolute atomic E-state index is 0.132. The summed E-state index contributed by atoms with van der Waals surface area (Å²) in [6.45, 7) is 0. The maximum atomic E-state index is 13.3. The van der Waals surface area contributed by atoms with Crippen molar-refractivity contribution in [3.05, 3.63) is 64.1 Å². The van der Waals surface area contributed by atoms with Gasteiger partial charge in [-0.3, -0.25) is 4.98 Å². The molecule has 0 aliphatic carbocycles. The molecule has 1 unspecified atom stereocenters. The normalized spacial score (nSPS) is 12.4. The molecule has 1 heterocycles.